The van der Waals surface area contributed by atoms with E-state index in [1.54, 1.807) is 0 Å². The zero-order valence-electron chi connectivity index (χ0n) is 13.6. The van der Waals surface area contributed by atoms with Crippen molar-refractivity contribution in [3.63, 3.8) is 0 Å². The number of nitrogens with zero attached hydrogens (tertiary/aromatic N) is 1. The first kappa shape index (κ1) is 17.9. The van der Waals surface area contributed by atoms with E-state index in [2.05, 4.69) is 11.8 Å². The minimum atomic E-state index is 1.00. The third kappa shape index (κ3) is 10.6. The van der Waals surface area contributed by atoms with Crippen LogP contribution in [0.15, 0.2) is 0 Å². The summed E-state index contributed by atoms with van der Waals surface area (Å²) in [7, 11) is 0. The highest BCUT2D eigenvalue weighted by Crippen LogP contribution is 2.06. The molecule has 3 aliphatic heterocycles. The van der Waals surface area contributed by atoms with Crippen molar-refractivity contribution < 1.29 is 9.47 Å². The van der Waals surface area contributed by atoms with E-state index in [1.807, 2.05) is 0 Å². The molecule has 0 aromatic rings. The molecule has 0 N–H and O–H groups in total. The summed E-state index contributed by atoms with van der Waals surface area (Å²) in [5.74, 6) is 0. The van der Waals surface area contributed by atoms with Crippen LogP contribution in [-0.2, 0) is 9.47 Å². The van der Waals surface area contributed by atoms with Gasteiger partial charge in [0.1, 0.15) is 0 Å². The first-order valence-corrected chi connectivity index (χ1v) is 8.81. The Balaban J connectivity index is 0.000000152. The molecule has 3 nitrogen and oxygen atoms in total. The van der Waals surface area contributed by atoms with E-state index >= 15 is 0 Å². The maximum Gasteiger partial charge on any atom is 0.0466 e. The Bertz CT molecular complexity index is 150. The highest BCUT2D eigenvalue weighted by atomic mass is 16.5. The average molecular weight is 285 g/mol. The Morgan fingerprint density at radius 3 is 1.20 bits per heavy atom. The van der Waals surface area contributed by atoms with Crippen LogP contribution in [0.1, 0.15) is 64.7 Å². The van der Waals surface area contributed by atoms with Crippen LogP contribution in [0.2, 0.25) is 0 Å². The Kier molecular flexibility index (Phi) is 12.4. The van der Waals surface area contributed by atoms with Gasteiger partial charge >= 0.3 is 0 Å². The van der Waals surface area contributed by atoms with Crippen molar-refractivity contribution in [1.29, 1.82) is 0 Å². The minimum Gasteiger partial charge on any atom is -0.381 e. The summed E-state index contributed by atoms with van der Waals surface area (Å²) in [5.41, 5.74) is 0. The van der Waals surface area contributed by atoms with E-state index in [0.717, 1.165) is 26.4 Å². The van der Waals surface area contributed by atoms with Gasteiger partial charge in [-0.1, -0.05) is 13.3 Å². The van der Waals surface area contributed by atoms with Crippen molar-refractivity contribution in [2.75, 3.05) is 46.1 Å². The number of hydrogen-bond donors (Lipinski definition) is 0. The van der Waals surface area contributed by atoms with E-state index in [0.29, 0.717) is 0 Å². The van der Waals surface area contributed by atoms with E-state index in [1.165, 1.54) is 77.4 Å². The van der Waals surface area contributed by atoms with Gasteiger partial charge in [-0.3, -0.25) is 0 Å². The van der Waals surface area contributed by atoms with Crippen LogP contribution in [-0.4, -0.2) is 51.0 Å². The zero-order chi connectivity index (χ0) is 14.3. The zero-order valence-corrected chi connectivity index (χ0v) is 13.6. The molecule has 0 saturated carbocycles. The molecule has 3 heterocycles. The van der Waals surface area contributed by atoms with Crippen LogP contribution >= 0.6 is 0 Å². The monoisotopic (exact) mass is 285 g/mol. The Labute approximate surface area is 126 Å². The quantitative estimate of drug-likeness (QED) is 0.730. The lowest BCUT2D eigenvalue weighted by Gasteiger charge is -2.24. The first-order valence-electron chi connectivity index (χ1n) is 8.81. The fourth-order valence-electron chi connectivity index (χ4n) is 2.65. The molecule has 3 aliphatic rings. The standard InChI is InChI=1S/C7H15N.2C5H10O/c1-2-8-6-4-3-5-7-8;2*1-2-4-6-5-3-1/h2-7H2,1H3;2*1-5H2. The van der Waals surface area contributed by atoms with E-state index in [-0.39, 0.29) is 0 Å². The Hall–Kier alpha value is -0.120. The van der Waals surface area contributed by atoms with Gasteiger partial charge in [-0.2, -0.15) is 0 Å². The molecule has 0 radical (unpaired) electrons. The third-order valence-corrected chi connectivity index (χ3v) is 4.05. The topological polar surface area (TPSA) is 21.7 Å². The predicted octanol–water partition coefficient (Wildman–Crippen LogP) is 3.87. The van der Waals surface area contributed by atoms with Crippen molar-refractivity contribution >= 4 is 0 Å². The molecular weight excluding hydrogens is 250 g/mol. The first-order chi connectivity index (χ1) is 9.93. The molecule has 0 amide bonds. The molecule has 20 heavy (non-hydrogen) atoms. The van der Waals surface area contributed by atoms with E-state index in [4.69, 9.17) is 9.47 Å². The molecule has 3 rings (SSSR count). The summed E-state index contributed by atoms with van der Waals surface area (Å²) in [6.07, 6.45) is 12.2. The van der Waals surface area contributed by atoms with Crippen LogP contribution in [0, 0.1) is 0 Å². The summed E-state index contributed by atoms with van der Waals surface area (Å²) in [5, 5.41) is 0. The molecule has 0 unspecified atom stereocenters. The van der Waals surface area contributed by atoms with Crippen molar-refractivity contribution in [1.82, 2.24) is 4.90 Å². The van der Waals surface area contributed by atoms with Gasteiger partial charge in [0.05, 0.1) is 0 Å². The van der Waals surface area contributed by atoms with Crippen LogP contribution < -0.4 is 0 Å². The largest absolute Gasteiger partial charge is 0.381 e. The number of rotatable bonds is 1. The average Bonchev–Trinajstić information content (AvgIpc) is 2.60. The number of hydrogen-bond acceptors (Lipinski definition) is 3. The predicted molar refractivity (Wildman–Crippen MR) is 85.3 cm³/mol. The Morgan fingerprint density at radius 1 is 0.600 bits per heavy atom. The van der Waals surface area contributed by atoms with Crippen molar-refractivity contribution in [2.24, 2.45) is 0 Å². The summed E-state index contributed by atoms with van der Waals surface area (Å²) in [4.78, 5) is 2.52. The number of likely N-dealkylation sites (tertiary alicyclic amines) is 1. The summed E-state index contributed by atoms with van der Waals surface area (Å²) < 4.78 is 10.1. The molecular formula is C17H35NO2. The van der Waals surface area contributed by atoms with Gasteiger partial charge in [-0.15, -0.1) is 0 Å². The molecule has 3 saturated heterocycles. The second-order valence-electron chi connectivity index (χ2n) is 5.84. The van der Waals surface area contributed by atoms with Gasteiger partial charge in [0.2, 0.25) is 0 Å². The minimum absolute atomic E-state index is 1.00. The fourth-order valence-corrected chi connectivity index (χ4v) is 2.65. The normalized spacial score (nSPS) is 23.9. The second-order valence-corrected chi connectivity index (χ2v) is 5.84. The Morgan fingerprint density at radius 2 is 1.00 bits per heavy atom. The maximum absolute atomic E-state index is 5.07. The van der Waals surface area contributed by atoms with Crippen LogP contribution in [0.5, 0.6) is 0 Å². The molecule has 0 aliphatic carbocycles. The van der Waals surface area contributed by atoms with Crippen molar-refractivity contribution in [2.45, 2.75) is 64.7 Å². The van der Waals surface area contributed by atoms with Gasteiger partial charge in [0.15, 0.2) is 0 Å². The van der Waals surface area contributed by atoms with E-state index in [9.17, 15) is 0 Å². The lowest BCUT2D eigenvalue weighted by molar-refractivity contribution is 0.0967. The maximum atomic E-state index is 5.07. The van der Waals surface area contributed by atoms with Crippen LogP contribution in [0.4, 0.5) is 0 Å². The smallest absolute Gasteiger partial charge is 0.0466 e. The van der Waals surface area contributed by atoms with Gasteiger partial charge in [-0.25, -0.2) is 0 Å². The van der Waals surface area contributed by atoms with Gasteiger partial charge < -0.3 is 14.4 Å². The lowest BCUT2D eigenvalue weighted by atomic mass is 10.1. The molecule has 3 heteroatoms. The molecule has 0 aromatic carbocycles. The summed E-state index contributed by atoms with van der Waals surface area (Å²) in [6.45, 7) is 10.2. The lowest BCUT2D eigenvalue weighted by Crippen LogP contribution is -2.29. The van der Waals surface area contributed by atoms with Gasteiger partial charge in [-0.05, 0) is 71.0 Å². The number of piperidine rings is 1. The number of ether oxygens (including phenoxy) is 2. The molecule has 0 spiro atoms. The third-order valence-electron chi connectivity index (χ3n) is 4.05. The van der Waals surface area contributed by atoms with E-state index < -0.39 is 0 Å². The highest BCUT2D eigenvalue weighted by Gasteiger charge is 2.05. The van der Waals surface area contributed by atoms with Crippen LogP contribution in [0.3, 0.4) is 0 Å². The van der Waals surface area contributed by atoms with Gasteiger partial charge in [0.25, 0.3) is 0 Å². The van der Waals surface area contributed by atoms with Crippen LogP contribution in [0.25, 0.3) is 0 Å². The summed E-state index contributed by atoms with van der Waals surface area (Å²) >= 11 is 0. The summed E-state index contributed by atoms with van der Waals surface area (Å²) in [6, 6.07) is 0. The SMILES string of the molecule is C1CCOCC1.C1CCOCC1.CCN1CCCCC1. The molecule has 120 valence electrons. The van der Waals surface area contributed by atoms with Gasteiger partial charge in [0, 0.05) is 26.4 Å². The molecule has 0 aromatic heterocycles. The van der Waals surface area contributed by atoms with Crippen molar-refractivity contribution in [3.8, 4) is 0 Å². The molecule has 3 fully saturated rings. The molecule has 0 atom stereocenters. The second kappa shape index (κ2) is 13.8. The van der Waals surface area contributed by atoms with Crippen molar-refractivity contribution in [3.05, 3.63) is 0 Å². The molecule has 0 bridgehead atoms. The fraction of sp³-hybridized carbons (Fsp3) is 1.00. The highest BCUT2D eigenvalue weighted by molar-refractivity contribution is 4.61.